The second kappa shape index (κ2) is 7.17. The molecule has 0 N–H and O–H groups in total. The summed E-state index contributed by atoms with van der Waals surface area (Å²) < 4.78 is 13.0. The number of nitriles is 1. The lowest BCUT2D eigenvalue weighted by Gasteiger charge is -2.13. The van der Waals surface area contributed by atoms with Crippen molar-refractivity contribution in [1.82, 2.24) is 9.24 Å². The molecule has 0 aliphatic heterocycles. The number of nitrogens with zero attached hydrogens (tertiary/aromatic N) is 4. The summed E-state index contributed by atoms with van der Waals surface area (Å²) in [5.74, 6) is 0.940. The van der Waals surface area contributed by atoms with Gasteiger partial charge >= 0.3 is 0 Å². The molecule has 3 aromatic rings. The molecule has 0 unspecified atom stereocenters. The zero-order valence-corrected chi connectivity index (χ0v) is 15.0. The molecule has 0 fully saturated rings. The SMILES string of the molecule is COc1ccc(-c2cc(-c3cccn3C)c(C#N)c(=O)n2N=O)cc1OC. The Bertz CT molecular complexity index is 1120. The smallest absolute Gasteiger partial charge is 0.292 e. The quantitative estimate of drug-likeness (QED) is 0.648. The average Bonchev–Trinajstić information content (AvgIpc) is 3.12. The summed E-state index contributed by atoms with van der Waals surface area (Å²) in [6, 6.07) is 12.0. The molecule has 0 radical (unpaired) electrons. The van der Waals surface area contributed by atoms with Crippen LogP contribution in [0.3, 0.4) is 0 Å². The van der Waals surface area contributed by atoms with E-state index in [4.69, 9.17) is 9.47 Å². The van der Waals surface area contributed by atoms with Crippen molar-refractivity contribution in [1.29, 1.82) is 5.26 Å². The summed E-state index contributed by atoms with van der Waals surface area (Å²) >= 11 is 0. The van der Waals surface area contributed by atoms with Gasteiger partial charge in [-0.3, -0.25) is 4.79 Å². The molecule has 8 nitrogen and oxygen atoms in total. The maximum absolute atomic E-state index is 12.7. The van der Waals surface area contributed by atoms with E-state index >= 15 is 0 Å². The summed E-state index contributed by atoms with van der Waals surface area (Å²) in [5.41, 5.74) is 0.912. The topological polar surface area (TPSA) is 98.6 Å². The van der Waals surface area contributed by atoms with Gasteiger partial charge in [0.15, 0.2) is 11.5 Å². The van der Waals surface area contributed by atoms with Gasteiger partial charge in [-0.1, -0.05) is 0 Å². The minimum atomic E-state index is -0.781. The van der Waals surface area contributed by atoms with Gasteiger partial charge in [-0.2, -0.15) is 9.94 Å². The van der Waals surface area contributed by atoms with Gasteiger partial charge in [-0.25, -0.2) is 0 Å². The highest BCUT2D eigenvalue weighted by Gasteiger charge is 2.20. The van der Waals surface area contributed by atoms with E-state index in [1.165, 1.54) is 14.2 Å². The fourth-order valence-electron chi connectivity index (χ4n) is 2.93. The molecular weight excluding hydrogens is 348 g/mol. The molecule has 136 valence electrons. The first-order valence-corrected chi connectivity index (χ1v) is 7.93. The van der Waals surface area contributed by atoms with Gasteiger partial charge in [0.1, 0.15) is 11.6 Å². The lowest BCUT2D eigenvalue weighted by molar-refractivity contribution is 0.355. The summed E-state index contributed by atoms with van der Waals surface area (Å²) in [6.45, 7) is 0. The van der Waals surface area contributed by atoms with Crippen LogP contribution >= 0.6 is 0 Å². The zero-order chi connectivity index (χ0) is 19.6. The zero-order valence-electron chi connectivity index (χ0n) is 15.0. The standard InChI is InChI=1S/C19H16N4O4/c1-22-8-4-5-15(22)13-10-16(23(21-25)19(24)14(13)11-20)12-6-7-17(26-2)18(9-12)27-3/h4-10H,1-3H3. The molecule has 0 saturated heterocycles. The minimum absolute atomic E-state index is 0.152. The Morgan fingerprint density at radius 2 is 1.81 bits per heavy atom. The maximum atomic E-state index is 12.7. The van der Waals surface area contributed by atoms with E-state index in [1.807, 2.05) is 6.07 Å². The van der Waals surface area contributed by atoms with Crippen molar-refractivity contribution in [2.75, 3.05) is 14.2 Å². The Morgan fingerprint density at radius 3 is 2.37 bits per heavy atom. The van der Waals surface area contributed by atoms with Gasteiger partial charge in [-0.15, -0.1) is 4.91 Å². The predicted octanol–water partition coefficient (Wildman–Crippen LogP) is 2.94. The molecule has 0 aliphatic rings. The van der Waals surface area contributed by atoms with Gasteiger partial charge in [-0.05, 0) is 36.4 Å². The number of methoxy groups -OCH3 is 2. The van der Waals surface area contributed by atoms with Crippen LogP contribution in [-0.4, -0.2) is 23.5 Å². The fraction of sp³-hybridized carbons (Fsp3) is 0.158. The van der Waals surface area contributed by atoms with Crippen LogP contribution in [0.4, 0.5) is 0 Å². The van der Waals surface area contributed by atoms with Gasteiger partial charge < -0.3 is 14.0 Å². The van der Waals surface area contributed by atoms with Gasteiger partial charge in [0.2, 0.25) is 0 Å². The molecule has 0 aliphatic carbocycles. The van der Waals surface area contributed by atoms with E-state index in [0.717, 1.165) is 0 Å². The number of hydrogen-bond donors (Lipinski definition) is 0. The first-order valence-electron chi connectivity index (χ1n) is 7.93. The number of aromatic nitrogens is 2. The Balaban J connectivity index is 2.36. The fourth-order valence-corrected chi connectivity index (χ4v) is 2.93. The Kier molecular flexibility index (Phi) is 4.77. The molecule has 3 rings (SSSR count). The number of ether oxygens (including phenoxy) is 2. The first kappa shape index (κ1) is 17.9. The lowest BCUT2D eigenvalue weighted by Crippen LogP contribution is -2.22. The predicted molar refractivity (Wildman–Crippen MR) is 99.6 cm³/mol. The number of nitroso groups, excluding NO2 is 1. The van der Waals surface area contributed by atoms with E-state index in [9.17, 15) is 15.0 Å². The van der Waals surface area contributed by atoms with E-state index in [1.54, 1.807) is 54.2 Å². The minimum Gasteiger partial charge on any atom is -0.493 e. The third-order valence-electron chi connectivity index (χ3n) is 4.28. The highest BCUT2D eigenvalue weighted by molar-refractivity contribution is 5.75. The third kappa shape index (κ3) is 2.95. The van der Waals surface area contributed by atoms with E-state index in [2.05, 4.69) is 5.29 Å². The van der Waals surface area contributed by atoms with Crippen LogP contribution in [-0.2, 0) is 7.05 Å². The molecule has 0 bridgehead atoms. The number of aryl methyl sites for hydroxylation is 1. The third-order valence-corrected chi connectivity index (χ3v) is 4.28. The molecule has 27 heavy (non-hydrogen) atoms. The number of pyridine rings is 1. The number of hydrogen-bond acceptors (Lipinski definition) is 6. The van der Waals surface area contributed by atoms with Crippen molar-refractivity contribution >= 4 is 0 Å². The second-order valence-corrected chi connectivity index (χ2v) is 5.70. The van der Waals surface area contributed by atoms with E-state index in [-0.39, 0.29) is 11.3 Å². The molecular formula is C19H16N4O4. The Hall–Kier alpha value is -3.86. The highest BCUT2D eigenvalue weighted by Crippen LogP contribution is 2.34. The summed E-state index contributed by atoms with van der Waals surface area (Å²) in [6.07, 6.45) is 1.80. The van der Waals surface area contributed by atoms with Crippen LogP contribution in [0.1, 0.15) is 5.56 Å². The summed E-state index contributed by atoms with van der Waals surface area (Å²) in [5, 5.41) is 12.3. The second-order valence-electron chi connectivity index (χ2n) is 5.70. The molecule has 0 amide bonds. The van der Waals surface area contributed by atoms with Crippen LogP contribution < -0.4 is 15.0 Å². The van der Waals surface area contributed by atoms with Crippen molar-refractivity contribution < 1.29 is 9.47 Å². The lowest BCUT2D eigenvalue weighted by atomic mass is 10.0. The molecule has 2 aromatic heterocycles. The van der Waals surface area contributed by atoms with Crippen molar-refractivity contribution in [3.63, 3.8) is 0 Å². The molecule has 1 aromatic carbocycles. The summed E-state index contributed by atoms with van der Waals surface area (Å²) in [7, 11) is 4.80. The highest BCUT2D eigenvalue weighted by atomic mass is 16.5. The monoisotopic (exact) mass is 364 g/mol. The van der Waals surface area contributed by atoms with Crippen LogP contribution in [0.25, 0.3) is 22.5 Å². The van der Waals surface area contributed by atoms with Gasteiger partial charge in [0, 0.05) is 30.1 Å². The van der Waals surface area contributed by atoms with Crippen molar-refractivity contribution in [3.8, 4) is 40.1 Å². The van der Waals surface area contributed by atoms with E-state index < -0.39 is 5.56 Å². The largest absolute Gasteiger partial charge is 0.493 e. The van der Waals surface area contributed by atoms with Crippen LogP contribution in [0.15, 0.2) is 52.7 Å². The molecule has 0 atom stereocenters. The molecule has 2 heterocycles. The Labute approximate surface area is 154 Å². The van der Waals surface area contributed by atoms with Gasteiger partial charge in [0.25, 0.3) is 5.56 Å². The van der Waals surface area contributed by atoms with Crippen LogP contribution in [0.5, 0.6) is 11.5 Å². The van der Waals surface area contributed by atoms with E-state index in [0.29, 0.717) is 33.0 Å². The van der Waals surface area contributed by atoms with Crippen molar-refractivity contribution in [3.05, 3.63) is 63.4 Å². The normalized spacial score (nSPS) is 10.3. The van der Waals surface area contributed by atoms with Crippen molar-refractivity contribution in [2.45, 2.75) is 0 Å². The Morgan fingerprint density at radius 1 is 1.07 bits per heavy atom. The van der Waals surface area contributed by atoms with Crippen LogP contribution in [0.2, 0.25) is 0 Å². The molecule has 0 saturated carbocycles. The maximum Gasteiger partial charge on any atom is 0.292 e. The number of rotatable bonds is 5. The average molecular weight is 364 g/mol. The number of benzene rings is 1. The molecule has 8 heteroatoms. The molecule has 0 spiro atoms. The first-order chi connectivity index (χ1) is 13.0. The summed E-state index contributed by atoms with van der Waals surface area (Å²) in [4.78, 5) is 24.1. The van der Waals surface area contributed by atoms with Crippen LogP contribution in [0, 0.1) is 16.2 Å². The van der Waals surface area contributed by atoms with Gasteiger partial charge in [0.05, 0.1) is 25.2 Å². The van der Waals surface area contributed by atoms with Crippen molar-refractivity contribution in [2.24, 2.45) is 12.3 Å².